The van der Waals surface area contributed by atoms with Gasteiger partial charge in [-0.25, -0.2) is 0 Å². The summed E-state index contributed by atoms with van der Waals surface area (Å²) >= 11 is 1.48. The number of benzene rings is 2. The molecule has 1 fully saturated rings. The van der Waals surface area contributed by atoms with Crippen molar-refractivity contribution in [2.45, 2.75) is 31.6 Å². The molecular formula is C19H19N3O2S. The Hall–Kier alpha value is -2.47. The second-order valence-electron chi connectivity index (χ2n) is 6.40. The SMILES string of the molecule is COc1ccc2cc([C@@H](C)C(=O)Nc3nnc(C4CC4)s3)ccc2c1. The van der Waals surface area contributed by atoms with E-state index in [4.69, 9.17) is 4.74 Å². The number of methoxy groups -OCH3 is 1. The first-order valence-corrected chi connectivity index (χ1v) is 9.17. The monoisotopic (exact) mass is 353 g/mol. The number of rotatable bonds is 5. The van der Waals surface area contributed by atoms with Crippen LogP contribution in [-0.4, -0.2) is 23.2 Å². The Morgan fingerprint density at radius 1 is 1.20 bits per heavy atom. The van der Waals surface area contributed by atoms with Gasteiger partial charge in [-0.15, -0.1) is 10.2 Å². The minimum absolute atomic E-state index is 0.0636. The van der Waals surface area contributed by atoms with E-state index in [0.29, 0.717) is 11.0 Å². The van der Waals surface area contributed by atoms with Gasteiger partial charge in [0.1, 0.15) is 10.8 Å². The van der Waals surface area contributed by atoms with Gasteiger partial charge in [-0.1, -0.05) is 35.6 Å². The van der Waals surface area contributed by atoms with E-state index in [1.807, 2.05) is 37.3 Å². The Morgan fingerprint density at radius 2 is 1.96 bits per heavy atom. The average Bonchev–Trinajstić information content (AvgIpc) is 3.39. The van der Waals surface area contributed by atoms with E-state index in [1.54, 1.807) is 7.11 Å². The van der Waals surface area contributed by atoms with Crippen molar-refractivity contribution < 1.29 is 9.53 Å². The van der Waals surface area contributed by atoms with E-state index in [9.17, 15) is 4.79 Å². The third kappa shape index (κ3) is 3.35. The quantitative estimate of drug-likeness (QED) is 0.742. The summed E-state index contributed by atoms with van der Waals surface area (Å²) in [5.41, 5.74) is 0.974. The van der Waals surface area contributed by atoms with E-state index in [-0.39, 0.29) is 11.8 Å². The fourth-order valence-corrected chi connectivity index (χ4v) is 3.70. The highest BCUT2D eigenvalue weighted by Gasteiger charge is 2.28. The molecule has 128 valence electrons. The molecule has 0 aliphatic heterocycles. The largest absolute Gasteiger partial charge is 0.497 e. The van der Waals surface area contributed by atoms with Gasteiger partial charge >= 0.3 is 0 Å². The maximum atomic E-state index is 12.6. The fourth-order valence-electron chi connectivity index (χ4n) is 2.78. The predicted octanol–water partition coefficient (Wildman–Crippen LogP) is 4.32. The second kappa shape index (κ2) is 6.44. The summed E-state index contributed by atoms with van der Waals surface area (Å²) in [4.78, 5) is 12.6. The van der Waals surface area contributed by atoms with Gasteiger partial charge in [0, 0.05) is 5.92 Å². The molecule has 6 heteroatoms. The summed E-state index contributed by atoms with van der Waals surface area (Å²) in [5.74, 6) is 1.05. The molecule has 0 bridgehead atoms. The van der Waals surface area contributed by atoms with Gasteiger partial charge in [-0.05, 0) is 48.2 Å². The number of carbonyl (C=O) groups excluding carboxylic acids is 1. The highest BCUT2D eigenvalue weighted by Crippen LogP contribution is 2.42. The van der Waals surface area contributed by atoms with Gasteiger partial charge in [0.05, 0.1) is 13.0 Å². The minimum Gasteiger partial charge on any atom is -0.497 e. The Balaban J connectivity index is 1.51. The Morgan fingerprint density at radius 3 is 2.72 bits per heavy atom. The summed E-state index contributed by atoms with van der Waals surface area (Å²) in [5, 5.41) is 14.9. The fraction of sp³-hybridized carbons (Fsp3) is 0.316. The lowest BCUT2D eigenvalue weighted by Crippen LogP contribution is -2.18. The predicted molar refractivity (Wildman–Crippen MR) is 99.4 cm³/mol. The molecular weight excluding hydrogens is 334 g/mol. The molecule has 1 aliphatic rings. The topological polar surface area (TPSA) is 64.1 Å². The van der Waals surface area contributed by atoms with Crippen molar-refractivity contribution in [3.05, 3.63) is 47.0 Å². The van der Waals surface area contributed by atoms with Crippen LogP contribution in [0, 0.1) is 0 Å². The standard InChI is InChI=1S/C19H19N3O2S/c1-11(17(23)20-19-22-21-18(25-19)12-3-4-12)13-5-6-15-10-16(24-2)8-7-14(15)9-13/h5-12H,3-4H2,1-2H3,(H,20,22,23)/t11-/m1/s1. The van der Waals surface area contributed by atoms with Crippen LogP contribution in [0.2, 0.25) is 0 Å². The molecule has 1 saturated carbocycles. The van der Waals surface area contributed by atoms with Crippen LogP contribution in [0.1, 0.15) is 42.2 Å². The minimum atomic E-state index is -0.264. The van der Waals surface area contributed by atoms with Gasteiger partial charge in [-0.3, -0.25) is 4.79 Å². The number of ether oxygens (including phenoxy) is 1. The number of carbonyl (C=O) groups is 1. The van der Waals surface area contributed by atoms with E-state index in [0.717, 1.165) is 27.1 Å². The zero-order valence-electron chi connectivity index (χ0n) is 14.2. The summed E-state index contributed by atoms with van der Waals surface area (Å²) in [6.45, 7) is 1.91. The molecule has 0 spiro atoms. The van der Waals surface area contributed by atoms with Crippen LogP contribution in [-0.2, 0) is 4.79 Å². The van der Waals surface area contributed by atoms with Gasteiger partial charge in [-0.2, -0.15) is 0 Å². The molecule has 1 N–H and O–H groups in total. The Bertz CT molecular complexity index is 933. The van der Waals surface area contributed by atoms with Crippen LogP contribution in [0.3, 0.4) is 0 Å². The van der Waals surface area contributed by atoms with Gasteiger partial charge in [0.25, 0.3) is 0 Å². The molecule has 2 aromatic carbocycles. The van der Waals surface area contributed by atoms with Crippen molar-refractivity contribution in [2.24, 2.45) is 0 Å². The summed E-state index contributed by atoms with van der Waals surface area (Å²) in [6.07, 6.45) is 2.36. The molecule has 1 aromatic heterocycles. The van der Waals surface area contributed by atoms with E-state index in [2.05, 4.69) is 21.6 Å². The van der Waals surface area contributed by atoms with Crippen molar-refractivity contribution in [1.82, 2.24) is 10.2 Å². The molecule has 0 radical (unpaired) electrons. The first-order valence-electron chi connectivity index (χ1n) is 8.36. The van der Waals surface area contributed by atoms with E-state index in [1.165, 1.54) is 24.2 Å². The van der Waals surface area contributed by atoms with Crippen LogP contribution < -0.4 is 10.1 Å². The average molecular weight is 353 g/mol. The molecule has 0 unspecified atom stereocenters. The molecule has 5 nitrogen and oxygen atoms in total. The number of nitrogens with zero attached hydrogens (tertiary/aromatic N) is 2. The summed E-state index contributed by atoms with van der Waals surface area (Å²) in [7, 11) is 1.66. The first-order chi connectivity index (χ1) is 12.1. The molecule has 3 aromatic rings. The zero-order valence-corrected chi connectivity index (χ0v) is 15.0. The van der Waals surface area contributed by atoms with Crippen LogP contribution >= 0.6 is 11.3 Å². The van der Waals surface area contributed by atoms with Crippen molar-refractivity contribution in [2.75, 3.05) is 12.4 Å². The van der Waals surface area contributed by atoms with Gasteiger partial charge in [0.15, 0.2) is 0 Å². The van der Waals surface area contributed by atoms with Crippen LogP contribution in [0.25, 0.3) is 10.8 Å². The van der Waals surface area contributed by atoms with Crippen molar-refractivity contribution in [3.8, 4) is 5.75 Å². The van der Waals surface area contributed by atoms with Crippen LogP contribution in [0.4, 0.5) is 5.13 Å². The third-order valence-electron chi connectivity index (χ3n) is 4.56. The van der Waals surface area contributed by atoms with Crippen LogP contribution in [0.15, 0.2) is 36.4 Å². The summed E-state index contributed by atoms with van der Waals surface area (Å²) in [6, 6.07) is 12.0. The lowest BCUT2D eigenvalue weighted by atomic mass is 9.97. The van der Waals surface area contributed by atoms with Crippen LogP contribution in [0.5, 0.6) is 5.75 Å². The number of anilines is 1. The van der Waals surface area contributed by atoms with Gasteiger partial charge in [0.2, 0.25) is 11.0 Å². The number of hydrogen-bond donors (Lipinski definition) is 1. The van der Waals surface area contributed by atoms with E-state index < -0.39 is 0 Å². The summed E-state index contributed by atoms with van der Waals surface area (Å²) < 4.78 is 5.25. The molecule has 1 amide bonds. The highest BCUT2D eigenvalue weighted by molar-refractivity contribution is 7.15. The molecule has 0 saturated heterocycles. The van der Waals surface area contributed by atoms with Crippen molar-refractivity contribution in [1.29, 1.82) is 0 Å². The number of aromatic nitrogens is 2. The molecule has 4 rings (SSSR count). The second-order valence-corrected chi connectivity index (χ2v) is 7.41. The number of hydrogen-bond acceptors (Lipinski definition) is 5. The number of nitrogens with one attached hydrogen (secondary N) is 1. The lowest BCUT2D eigenvalue weighted by Gasteiger charge is -2.12. The normalized spacial score (nSPS) is 15.1. The smallest absolute Gasteiger partial charge is 0.233 e. The molecule has 1 heterocycles. The Kier molecular flexibility index (Phi) is 4.13. The Labute approximate surface area is 150 Å². The molecule has 25 heavy (non-hydrogen) atoms. The maximum absolute atomic E-state index is 12.6. The lowest BCUT2D eigenvalue weighted by molar-refractivity contribution is -0.117. The third-order valence-corrected chi connectivity index (χ3v) is 5.56. The van der Waals surface area contributed by atoms with E-state index >= 15 is 0 Å². The van der Waals surface area contributed by atoms with Crippen molar-refractivity contribution >= 4 is 33.1 Å². The van der Waals surface area contributed by atoms with Gasteiger partial charge < -0.3 is 10.1 Å². The van der Waals surface area contributed by atoms with Crippen molar-refractivity contribution in [3.63, 3.8) is 0 Å². The first kappa shape index (κ1) is 16.0. The molecule has 1 aliphatic carbocycles. The number of amides is 1. The molecule has 1 atom stereocenters. The zero-order chi connectivity index (χ0) is 17.4. The highest BCUT2D eigenvalue weighted by atomic mass is 32.1. The number of fused-ring (bicyclic) bond motifs is 1. The maximum Gasteiger partial charge on any atom is 0.233 e.